The molecule has 1 amide bonds. The molecule has 2 unspecified atom stereocenters. The van der Waals surface area contributed by atoms with Gasteiger partial charge in [-0.05, 0) is 65.8 Å². The smallest absolute Gasteiger partial charge is 0.410 e. The fourth-order valence-corrected chi connectivity index (χ4v) is 3.13. The van der Waals surface area contributed by atoms with E-state index in [-0.39, 0.29) is 6.09 Å². The Kier molecular flexibility index (Phi) is 5.53. The molecule has 21 heavy (non-hydrogen) atoms. The van der Waals surface area contributed by atoms with Crippen molar-refractivity contribution in [2.45, 2.75) is 83.9 Å². The van der Waals surface area contributed by atoms with E-state index in [0.29, 0.717) is 12.1 Å². The van der Waals surface area contributed by atoms with Gasteiger partial charge in [0.25, 0.3) is 0 Å². The second-order valence-electron chi connectivity index (χ2n) is 7.79. The fraction of sp³-hybridized carbons (Fsp3) is 0.941. The quantitative estimate of drug-likeness (QED) is 0.815. The molecule has 2 aliphatic rings. The van der Waals surface area contributed by atoms with Crippen LogP contribution in [0.3, 0.4) is 0 Å². The first-order valence-corrected chi connectivity index (χ1v) is 8.58. The van der Waals surface area contributed by atoms with E-state index in [4.69, 9.17) is 4.74 Å². The summed E-state index contributed by atoms with van der Waals surface area (Å²) in [4.78, 5) is 14.1. The van der Waals surface area contributed by atoms with Crippen LogP contribution in [0.15, 0.2) is 0 Å². The lowest BCUT2D eigenvalue weighted by atomic mass is 10.1. The number of hydrogen-bond acceptors (Lipinski definition) is 3. The van der Waals surface area contributed by atoms with Gasteiger partial charge < -0.3 is 15.0 Å². The predicted octanol–water partition coefficient (Wildman–Crippen LogP) is 3.55. The van der Waals surface area contributed by atoms with Crippen LogP contribution >= 0.6 is 0 Å². The van der Waals surface area contributed by atoms with Gasteiger partial charge in [0.2, 0.25) is 0 Å². The first-order chi connectivity index (χ1) is 9.85. The lowest BCUT2D eigenvalue weighted by molar-refractivity contribution is 0.0220. The first kappa shape index (κ1) is 16.6. The zero-order chi connectivity index (χ0) is 15.5. The highest BCUT2D eigenvalue weighted by molar-refractivity contribution is 5.68. The minimum atomic E-state index is -0.402. The molecule has 2 atom stereocenters. The van der Waals surface area contributed by atoms with Crippen LogP contribution in [0.5, 0.6) is 0 Å². The molecule has 122 valence electrons. The Morgan fingerprint density at radius 1 is 1.33 bits per heavy atom. The van der Waals surface area contributed by atoms with E-state index in [9.17, 15) is 4.79 Å². The number of carbonyl (C=O) groups excluding carboxylic acids is 1. The number of ether oxygens (including phenoxy) is 1. The van der Waals surface area contributed by atoms with E-state index < -0.39 is 5.60 Å². The number of hydrogen-bond donors (Lipinski definition) is 1. The molecule has 0 radical (unpaired) electrons. The number of carbonyl (C=O) groups is 1. The first-order valence-electron chi connectivity index (χ1n) is 8.58. The Hall–Kier alpha value is -0.770. The SMILES string of the molecule is CC(CC1CC1)NCCC1CCCN1C(=O)OC(C)(C)C. The second kappa shape index (κ2) is 6.99. The van der Waals surface area contributed by atoms with E-state index in [2.05, 4.69) is 12.2 Å². The zero-order valence-corrected chi connectivity index (χ0v) is 14.2. The van der Waals surface area contributed by atoms with Gasteiger partial charge in [0.1, 0.15) is 5.60 Å². The molecule has 4 nitrogen and oxygen atoms in total. The third-order valence-corrected chi connectivity index (χ3v) is 4.36. The maximum Gasteiger partial charge on any atom is 0.410 e. The van der Waals surface area contributed by atoms with Crippen molar-refractivity contribution in [2.24, 2.45) is 5.92 Å². The summed E-state index contributed by atoms with van der Waals surface area (Å²) in [5, 5.41) is 3.61. The van der Waals surface area contributed by atoms with Crippen LogP contribution in [-0.4, -0.2) is 41.8 Å². The molecule has 0 aromatic carbocycles. The average Bonchev–Trinajstić information content (AvgIpc) is 3.03. The number of amides is 1. The summed E-state index contributed by atoms with van der Waals surface area (Å²) < 4.78 is 5.51. The zero-order valence-electron chi connectivity index (χ0n) is 14.2. The topological polar surface area (TPSA) is 41.6 Å². The third-order valence-electron chi connectivity index (χ3n) is 4.36. The van der Waals surface area contributed by atoms with Crippen molar-refractivity contribution in [3.05, 3.63) is 0 Å². The highest BCUT2D eigenvalue weighted by Crippen LogP contribution is 2.33. The van der Waals surface area contributed by atoms with Crippen LogP contribution < -0.4 is 5.32 Å². The van der Waals surface area contributed by atoms with E-state index in [0.717, 1.165) is 38.3 Å². The molecular weight excluding hydrogens is 264 g/mol. The summed E-state index contributed by atoms with van der Waals surface area (Å²) in [6, 6.07) is 0.953. The molecular formula is C17H32N2O2. The van der Waals surface area contributed by atoms with Crippen molar-refractivity contribution in [1.82, 2.24) is 10.2 Å². The molecule has 1 saturated carbocycles. The van der Waals surface area contributed by atoms with Crippen LogP contribution in [0.25, 0.3) is 0 Å². The lowest BCUT2D eigenvalue weighted by Crippen LogP contribution is -2.41. The number of likely N-dealkylation sites (tertiary alicyclic amines) is 1. The number of nitrogens with zero attached hydrogens (tertiary/aromatic N) is 1. The summed E-state index contributed by atoms with van der Waals surface area (Å²) in [6.45, 7) is 9.90. The van der Waals surface area contributed by atoms with Crippen LogP contribution in [0.2, 0.25) is 0 Å². The Labute approximate surface area is 129 Å². The summed E-state index contributed by atoms with van der Waals surface area (Å²) in [7, 11) is 0. The van der Waals surface area contributed by atoms with Gasteiger partial charge in [0, 0.05) is 18.6 Å². The predicted molar refractivity (Wildman–Crippen MR) is 85.4 cm³/mol. The fourth-order valence-electron chi connectivity index (χ4n) is 3.13. The van der Waals surface area contributed by atoms with E-state index >= 15 is 0 Å². The van der Waals surface area contributed by atoms with Crippen LogP contribution in [-0.2, 0) is 4.74 Å². The van der Waals surface area contributed by atoms with Crippen LogP contribution in [0.1, 0.15) is 66.2 Å². The number of rotatable bonds is 6. The minimum absolute atomic E-state index is 0.143. The standard InChI is InChI=1S/C17H32N2O2/c1-13(12-14-7-8-14)18-10-9-15-6-5-11-19(15)16(20)21-17(2,3)4/h13-15,18H,5-12H2,1-4H3. The molecule has 1 aliphatic heterocycles. The van der Waals surface area contributed by atoms with Crippen molar-refractivity contribution in [3.63, 3.8) is 0 Å². The maximum absolute atomic E-state index is 12.2. The molecule has 1 N–H and O–H groups in total. The van der Waals surface area contributed by atoms with Gasteiger partial charge in [-0.15, -0.1) is 0 Å². The molecule has 1 aliphatic carbocycles. The highest BCUT2D eigenvalue weighted by atomic mass is 16.6. The molecule has 2 rings (SSSR count). The second-order valence-corrected chi connectivity index (χ2v) is 7.79. The van der Waals surface area contributed by atoms with E-state index in [1.54, 1.807) is 0 Å². The Bertz CT molecular complexity index is 347. The van der Waals surface area contributed by atoms with Crippen molar-refractivity contribution >= 4 is 6.09 Å². The molecule has 0 bridgehead atoms. The number of nitrogens with one attached hydrogen (secondary N) is 1. The molecule has 0 spiro atoms. The van der Waals surface area contributed by atoms with Crippen LogP contribution in [0, 0.1) is 5.92 Å². The van der Waals surface area contributed by atoms with Crippen molar-refractivity contribution < 1.29 is 9.53 Å². The van der Waals surface area contributed by atoms with Gasteiger partial charge in [0.15, 0.2) is 0 Å². The Morgan fingerprint density at radius 3 is 2.67 bits per heavy atom. The molecule has 4 heteroatoms. The molecule has 0 aromatic heterocycles. The van der Waals surface area contributed by atoms with Gasteiger partial charge >= 0.3 is 6.09 Å². The van der Waals surface area contributed by atoms with E-state index in [1.165, 1.54) is 19.3 Å². The van der Waals surface area contributed by atoms with Crippen LogP contribution in [0.4, 0.5) is 4.79 Å². The summed E-state index contributed by atoms with van der Waals surface area (Å²) in [5.74, 6) is 0.970. The molecule has 2 fully saturated rings. The normalized spacial score (nSPS) is 24.2. The van der Waals surface area contributed by atoms with Crippen molar-refractivity contribution in [2.75, 3.05) is 13.1 Å². The summed E-state index contributed by atoms with van der Waals surface area (Å²) in [5.41, 5.74) is -0.402. The largest absolute Gasteiger partial charge is 0.444 e. The molecule has 1 saturated heterocycles. The minimum Gasteiger partial charge on any atom is -0.444 e. The van der Waals surface area contributed by atoms with Gasteiger partial charge in [-0.1, -0.05) is 12.8 Å². The van der Waals surface area contributed by atoms with Gasteiger partial charge in [-0.2, -0.15) is 0 Å². The highest BCUT2D eigenvalue weighted by Gasteiger charge is 2.31. The van der Waals surface area contributed by atoms with E-state index in [1.807, 2.05) is 25.7 Å². The molecule has 1 heterocycles. The van der Waals surface area contributed by atoms with Crippen molar-refractivity contribution in [1.29, 1.82) is 0 Å². The Morgan fingerprint density at radius 2 is 2.05 bits per heavy atom. The third kappa shape index (κ3) is 5.85. The Balaban J connectivity index is 1.69. The maximum atomic E-state index is 12.2. The van der Waals surface area contributed by atoms with Gasteiger partial charge in [-0.3, -0.25) is 0 Å². The monoisotopic (exact) mass is 296 g/mol. The van der Waals surface area contributed by atoms with Crippen molar-refractivity contribution in [3.8, 4) is 0 Å². The summed E-state index contributed by atoms with van der Waals surface area (Å²) in [6.07, 6.45) is 7.24. The lowest BCUT2D eigenvalue weighted by Gasteiger charge is -2.29. The summed E-state index contributed by atoms with van der Waals surface area (Å²) >= 11 is 0. The van der Waals surface area contributed by atoms with Gasteiger partial charge in [0.05, 0.1) is 0 Å². The average molecular weight is 296 g/mol. The molecule has 0 aromatic rings. The van der Waals surface area contributed by atoms with Gasteiger partial charge in [-0.25, -0.2) is 4.79 Å².